The monoisotopic (exact) mass is 362 g/mol. The van der Waals surface area contributed by atoms with Gasteiger partial charge in [0.05, 0.1) is 18.8 Å². The average Bonchev–Trinajstić information content (AvgIpc) is 2.67. The summed E-state index contributed by atoms with van der Waals surface area (Å²) in [4.78, 5) is 29.2. The van der Waals surface area contributed by atoms with Gasteiger partial charge >= 0.3 is 0 Å². The number of carbonyl (C=O) groups excluding carboxylic acids is 2. The average molecular weight is 362 g/mol. The quantitative estimate of drug-likeness (QED) is 0.831. The van der Waals surface area contributed by atoms with E-state index in [0.717, 1.165) is 12.8 Å². The van der Waals surface area contributed by atoms with Crippen molar-refractivity contribution >= 4 is 11.8 Å². The SMILES string of the molecule is CCN(C)C(=O)[C@H]1CC[C@H]2OCCN(C(=O)c3ccc(F)c(C)c3)[C@@H]2C1. The van der Waals surface area contributed by atoms with Gasteiger partial charge in [-0.05, 0) is 56.9 Å². The smallest absolute Gasteiger partial charge is 0.254 e. The van der Waals surface area contributed by atoms with Gasteiger partial charge in [0.1, 0.15) is 5.82 Å². The molecular formula is C20H27FN2O3. The summed E-state index contributed by atoms with van der Waals surface area (Å²) in [5, 5.41) is 0. The van der Waals surface area contributed by atoms with Gasteiger partial charge in [0.15, 0.2) is 0 Å². The third-order valence-electron chi connectivity index (χ3n) is 5.68. The summed E-state index contributed by atoms with van der Waals surface area (Å²) in [5.74, 6) is -0.356. The Bertz CT molecular complexity index is 694. The molecule has 3 rings (SSSR count). The number of nitrogens with zero attached hydrogens (tertiary/aromatic N) is 2. The van der Waals surface area contributed by atoms with Gasteiger partial charge in [0.2, 0.25) is 5.91 Å². The molecule has 1 aliphatic carbocycles. The van der Waals surface area contributed by atoms with Crippen molar-refractivity contribution in [2.24, 2.45) is 5.92 Å². The fourth-order valence-electron chi connectivity index (χ4n) is 4.00. The Morgan fingerprint density at radius 3 is 2.81 bits per heavy atom. The molecule has 0 aromatic heterocycles. The highest BCUT2D eigenvalue weighted by atomic mass is 19.1. The Balaban J connectivity index is 1.79. The number of carbonyl (C=O) groups is 2. The Morgan fingerprint density at radius 1 is 1.35 bits per heavy atom. The summed E-state index contributed by atoms with van der Waals surface area (Å²) >= 11 is 0. The number of rotatable bonds is 3. The minimum Gasteiger partial charge on any atom is -0.374 e. The molecule has 5 nitrogen and oxygen atoms in total. The Kier molecular flexibility index (Phi) is 5.61. The maximum atomic E-state index is 13.5. The van der Waals surface area contributed by atoms with E-state index in [2.05, 4.69) is 0 Å². The van der Waals surface area contributed by atoms with E-state index in [9.17, 15) is 14.0 Å². The summed E-state index contributed by atoms with van der Waals surface area (Å²) in [5.41, 5.74) is 0.950. The molecule has 0 bridgehead atoms. The van der Waals surface area contributed by atoms with Crippen molar-refractivity contribution in [3.63, 3.8) is 0 Å². The summed E-state index contributed by atoms with van der Waals surface area (Å²) in [6, 6.07) is 4.36. The lowest BCUT2D eigenvalue weighted by molar-refractivity contribution is -0.140. The lowest BCUT2D eigenvalue weighted by Crippen LogP contribution is -2.57. The van der Waals surface area contributed by atoms with Crippen LogP contribution in [0, 0.1) is 18.7 Å². The Labute approximate surface area is 154 Å². The molecule has 0 spiro atoms. The number of morpholine rings is 1. The van der Waals surface area contributed by atoms with E-state index in [-0.39, 0.29) is 35.7 Å². The van der Waals surface area contributed by atoms with E-state index in [1.165, 1.54) is 12.1 Å². The van der Waals surface area contributed by atoms with Crippen LogP contribution >= 0.6 is 0 Å². The zero-order valence-electron chi connectivity index (χ0n) is 15.7. The molecule has 1 aromatic carbocycles. The van der Waals surface area contributed by atoms with Gasteiger partial charge in [-0.2, -0.15) is 0 Å². The number of hydrogen-bond acceptors (Lipinski definition) is 3. The fourth-order valence-corrected chi connectivity index (χ4v) is 4.00. The number of amides is 2. The lowest BCUT2D eigenvalue weighted by Gasteiger charge is -2.46. The first kappa shape index (κ1) is 18.8. The highest BCUT2D eigenvalue weighted by Gasteiger charge is 2.42. The van der Waals surface area contributed by atoms with E-state index < -0.39 is 0 Å². The van der Waals surface area contributed by atoms with Crippen LogP contribution < -0.4 is 0 Å². The second-order valence-electron chi connectivity index (χ2n) is 7.30. The summed E-state index contributed by atoms with van der Waals surface area (Å²) in [6.07, 6.45) is 2.18. The predicted molar refractivity (Wildman–Crippen MR) is 96.4 cm³/mol. The van der Waals surface area contributed by atoms with E-state index in [1.807, 2.05) is 18.9 Å². The van der Waals surface area contributed by atoms with Crippen LogP contribution in [0.2, 0.25) is 0 Å². The van der Waals surface area contributed by atoms with Crippen LogP contribution in [-0.2, 0) is 9.53 Å². The maximum Gasteiger partial charge on any atom is 0.254 e. The third-order valence-corrected chi connectivity index (χ3v) is 5.68. The third kappa shape index (κ3) is 3.61. The van der Waals surface area contributed by atoms with Crippen LogP contribution in [0.1, 0.15) is 42.1 Å². The van der Waals surface area contributed by atoms with E-state index in [1.54, 1.807) is 17.9 Å². The maximum absolute atomic E-state index is 13.5. The summed E-state index contributed by atoms with van der Waals surface area (Å²) in [7, 11) is 1.82. The zero-order chi connectivity index (χ0) is 18.8. The van der Waals surface area contributed by atoms with Crippen LogP contribution in [0.4, 0.5) is 4.39 Å². The molecule has 3 atom stereocenters. The van der Waals surface area contributed by atoms with Crippen molar-refractivity contribution in [3.05, 3.63) is 35.1 Å². The second kappa shape index (κ2) is 7.74. The second-order valence-corrected chi connectivity index (χ2v) is 7.30. The van der Waals surface area contributed by atoms with E-state index >= 15 is 0 Å². The van der Waals surface area contributed by atoms with Crippen molar-refractivity contribution in [1.29, 1.82) is 0 Å². The molecular weight excluding hydrogens is 335 g/mol. The highest BCUT2D eigenvalue weighted by Crippen LogP contribution is 2.34. The molecule has 1 aromatic rings. The normalized spacial score (nSPS) is 25.5. The fraction of sp³-hybridized carbons (Fsp3) is 0.600. The standard InChI is InChI=1S/C20H27FN2O3/c1-4-22(3)19(24)15-6-8-18-17(12-15)23(9-10-26-18)20(25)14-5-7-16(21)13(2)11-14/h5,7,11,15,17-18H,4,6,8-10,12H2,1-3H3/t15-,17+,18+/m0/s1. The summed E-state index contributed by atoms with van der Waals surface area (Å²) in [6.45, 7) is 5.29. The van der Waals surface area contributed by atoms with E-state index in [4.69, 9.17) is 4.74 Å². The van der Waals surface area contributed by atoms with Gasteiger partial charge in [0.25, 0.3) is 5.91 Å². The van der Waals surface area contributed by atoms with Crippen molar-refractivity contribution in [1.82, 2.24) is 9.80 Å². The molecule has 0 N–H and O–H groups in total. The number of halogens is 1. The van der Waals surface area contributed by atoms with Crippen LogP contribution in [0.15, 0.2) is 18.2 Å². The van der Waals surface area contributed by atoms with Gasteiger partial charge in [-0.1, -0.05) is 0 Å². The number of fused-ring (bicyclic) bond motifs is 1. The molecule has 2 amide bonds. The highest BCUT2D eigenvalue weighted by molar-refractivity contribution is 5.94. The van der Waals surface area contributed by atoms with Gasteiger partial charge in [-0.3, -0.25) is 9.59 Å². The van der Waals surface area contributed by atoms with Crippen molar-refractivity contribution in [3.8, 4) is 0 Å². The zero-order valence-corrected chi connectivity index (χ0v) is 15.7. The molecule has 2 aliphatic rings. The van der Waals surface area contributed by atoms with Crippen molar-refractivity contribution in [2.75, 3.05) is 26.7 Å². The molecule has 26 heavy (non-hydrogen) atoms. The van der Waals surface area contributed by atoms with Gasteiger partial charge in [0, 0.05) is 31.6 Å². The number of aryl methyl sites for hydroxylation is 1. The minimum absolute atomic E-state index is 0.0229. The lowest BCUT2D eigenvalue weighted by atomic mass is 9.81. The van der Waals surface area contributed by atoms with Crippen molar-refractivity contribution in [2.45, 2.75) is 45.3 Å². The first-order valence-electron chi connectivity index (χ1n) is 9.36. The van der Waals surface area contributed by atoms with Crippen LogP contribution in [0.5, 0.6) is 0 Å². The summed E-state index contributed by atoms with van der Waals surface area (Å²) < 4.78 is 19.4. The Hall–Kier alpha value is -1.95. The predicted octanol–water partition coefficient (Wildman–Crippen LogP) is 2.62. The first-order chi connectivity index (χ1) is 12.4. The van der Waals surface area contributed by atoms with E-state index in [0.29, 0.717) is 37.2 Å². The minimum atomic E-state index is -0.313. The molecule has 1 saturated heterocycles. The van der Waals surface area contributed by atoms with Crippen LogP contribution in [0.3, 0.4) is 0 Å². The van der Waals surface area contributed by atoms with Gasteiger partial charge < -0.3 is 14.5 Å². The molecule has 1 saturated carbocycles. The molecule has 6 heteroatoms. The number of ether oxygens (including phenoxy) is 1. The van der Waals surface area contributed by atoms with Crippen molar-refractivity contribution < 1.29 is 18.7 Å². The van der Waals surface area contributed by atoms with Crippen LogP contribution in [-0.4, -0.2) is 60.5 Å². The van der Waals surface area contributed by atoms with Gasteiger partial charge in [-0.25, -0.2) is 4.39 Å². The first-order valence-corrected chi connectivity index (χ1v) is 9.36. The van der Waals surface area contributed by atoms with Crippen LogP contribution in [0.25, 0.3) is 0 Å². The largest absolute Gasteiger partial charge is 0.374 e. The molecule has 0 radical (unpaired) electrons. The number of hydrogen-bond donors (Lipinski definition) is 0. The van der Waals surface area contributed by atoms with Gasteiger partial charge in [-0.15, -0.1) is 0 Å². The number of benzene rings is 1. The molecule has 1 heterocycles. The molecule has 0 unspecified atom stereocenters. The topological polar surface area (TPSA) is 49.9 Å². The molecule has 142 valence electrons. The molecule has 2 fully saturated rings. The Morgan fingerprint density at radius 2 is 2.12 bits per heavy atom. The molecule has 1 aliphatic heterocycles.